The monoisotopic (exact) mass is 432 g/mol. The molecule has 1 aromatic rings. The Bertz CT molecular complexity index is 514. The second-order valence-corrected chi connectivity index (χ2v) is 6.73. The third kappa shape index (κ3) is 5.67. The normalized spacial score (nSPS) is 13.5. The Balaban J connectivity index is 0.00000400. The number of nitrogens with one attached hydrogen (secondary N) is 1. The fourth-order valence-corrected chi connectivity index (χ4v) is 2.80. The highest BCUT2D eigenvalue weighted by atomic mass is 127. The number of halogens is 4. The fraction of sp³-hybridized carbons (Fsp3) is 0.500. The molecule has 0 heterocycles. The van der Waals surface area contributed by atoms with Crippen molar-refractivity contribution in [3.05, 3.63) is 32.9 Å². The van der Waals surface area contributed by atoms with Gasteiger partial charge in [-0.25, -0.2) is 8.78 Å². The fourth-order valence-electron chi connectivity index (χ4n) is 2.12. The first-order valence-corrected chi connectivity index (χ1v) is 7.43. The van der Waals surface area contributed by atoms with Gasteiger partial charge < -0.3 is 11.1 Å². The molecule has 3 N–H and O–H groups in total. The summed E-state index contributed by atoms with van der Waals surface area (Å²) in [5.41, 5.74) is 5.27. The Hall–Kier alpha value is -0.470. The summed E-state index contributed by atoms with van der Waals surface area (Å²) >= 11 is 1.81. The zero-order chi connectivity index (χ0) is 15.5. The molecular weight excluding hydrogens is 413 g/mol. The van der Waals surface area contributed by atoms with Crippen LogP contribution < -0.4 is 11.1 Å². The van der Waals surface area contributed by atoms with Crippen molar-refractivity contribution in [2.24, 2.45) is 11.7 Å². The molecule has 0 aliphatic carbocycles. The third-order valence-electron chi connectivity index (χ3n) is 2.98. The van der Waals surface area contributed by atoms with Crippen LogP contribution in [0.25, 0.3) is 0 Å². The van der Waals surface area contributed by atoms with Crippen molar-refractivity contribution in [2.45, 2.75) is 32.7 Å². The molecule has 0 saturated carbocycles. The van der Waals surface area contributed by atoms with Gasteiger partial charge in [-0.15, -0.1) is 12.4 Å². The maximum Gasteiger partial charge on any atom is 0.252 e. The molecular formula is C14H20ClF2IN2O. The zero-order valence-electron chi connectivity index (χ0n) is 12.2. The van der Waals surface area contributed by atoms with Crippen LogP contribution in [0.2, 0.25) is 0 Å². The van der Waals surface area contributed by atoms with Crippen LogP contribution in [-0.2, 0) is 0 Å². The second kappa shape index (κ2) is 8.24. The summed E-state index contributed by atoms with van der Waals surface area (Å²) in [5, 5.41) is 2.82. The molecule has 21 heavy (non-hydrogen) atoms. The largest absolute Gasteiger partial charge is 0.346 e. The molecule has 1 rings (SSSR count). The lowest BCUT2D eigenvalue weighted by molar-refractivity contribution is 0.0896. The molecule has 1 aromatic carbocycles. The quantitative estimate of drug-likeness (QED) is 0.553. The van der Waals surface area contributed by atoms with E-state index >= 15 is 0 Å². The minimum absolute atomic E-state index is 0. The Morgan fingerprint density at radius 1 is 1.38 bits per heavy atom. The van der Waals surface area contributed by atoms with E-state index in [-0.39, 0.29) is 24.5 Å². The summed E-state index contributed by atoms with van der Waals surface area (Å²) in [7, 11) is 0. The Kier molecular flexibility index (Phi) is 8.05. The molecule has 0 aromatic heterocycles. The molecule has 0 aliphatic heterocycles. The number of rotatable bonds is 5. The number of hydrogen-bond acceptors (Lipinski definition) is 2. The van der Waals surface area contributed by atoms with Gasteiger partial charge in [0.05, 0.1) is 5.56 Å². The lowest BCUT2D eigenvalue weighted by Gasteiger charge is -2.31. The molecule has 3 nitrogen and oxygen atoms in total. The molecule has 1 atom stereocenters. The van der Waals surface area contributed by atoms with Gasteiger partial charge in [0, 0.05) is 15.7 Å². The first kappa shape index (κ1) is 20.5. The maximum absolute atomic E-state index is 13.3. The highest BCUT2D eigenvalue weighted by Gasteiger charge is 2.27. The van der Waals surface area contributed by atoms with Crippen molar-refractivity contribution >= 4 is 40.9 Å². The summed E-state index contributed by atoms with van der Waals surface area (Å²) in [6.45, 7) is 6.18. The summed E-state index contributed by atoms with van der Waals surface area (Å²) in [4.78, 5) is 12.2. The third-order valence-corrected chi connectivity index (χ3v) is 3.87. The van der Waals surface area contributed by atoms with Crippen LogP contribution in [0.15, 0.2) is 12.1 Å². The van der Waals surface area contributed by atoms with Gasteiger partial charge in [0.25, 0.3) is 5.91 Å². The molecule has 0 aliphatic rings. The molecule has 0 radical (unpaired) electrons. The number of nitrogens with two attached hydrogens (primary N) is 1. The number of carbonyl (C=O) groups is 1. The van der Waals surface area contributed by atoms with E-state index in [1.54, 1.807) is 0 Å². The van der Waals surface area contributed by atoms with Gasteiger partial charge in [-0.05, 0) is 54.0 Å². The number of amides is 1. The summed E-state index contributed by atoms with van der Waals surface area (Å²) < 4.78 is 26.7. The van der Waals surface area contributed by atoms with Crippen LogP contribution in [-0.4, -0.2) is 18.0 Å². The molecule has 0 bridgehead atoms. The van der Waals surface area contributed by atoms with E-state index in [1.165, 1.54) is 0 Å². The Labute approximate surface area is 143 Å². The van der Waals surface area contributed by atoms with Crippen molar-refractivity contribution < 1.29 is 13.6 Å². The second-order valence-electron chi connectivity index (χ2n) is 5.56. The van der Waals surface area contributed by atoms with E-state index in [4.69, 9.17) is 5.73 Å². The van der Waals surface area contributed by atoms with Crippen LogP contribution in [0.4, 0.5) is 8.78 Å². The SMILES string of the molecule is CC(C)CC(C)(CN)NC(=O)c1cc(F)c(F)cc1I.Cl. The minimum atomic E-state index is -1.03. The number of hydrogen-bond donors (Lipinski definition) is 2. The maximum atomic E-state index is 13.3. The van der Waals surface area contributed by atoms with Crippen molar-refractivity contribution in [1.29, 1.82) is 0 Å². The van der Waals surface area contributed by atoms with Gasteiger partial charge in [0.15, 0.2) is 11.6 Å². The van der Waals surface area contributed by atoms with Gasteiger partial charge in [-0.2, -0.15) is 0 Å². The minimum Gasteiger partial charge on any atom is -0.346 e. The standard InChI is InChI=1S/C14H19F2IN2O.ClH/c1-8(2)6-14(3,7-18)19-13(20)9-4-10(15)11(16)5-12(9)17;/h4-5,8H,6-7,18H2,1-3H3,(H,19,20);1H. The average molecular weight is 433 g/mol. The molecule has 7 heteroatoms. The molecule has 1 unspecified atom stereocenters. The Morgan fingerprint density at radius 3 is 2.38 bits per heavy atom. The van der Waals surface area contributed by atoms with Crippen molar-refractivity contribution in [2.75, 3.05) is 6.54 Å². The smallest absolute Gasteiger partial charge is 0.252 e. The van der Waals surface area contributed by atoms with Crippen LogP contribution in [0.3, 0.4) is 0 Å². The van der Waals surface area contributed by atoms with Gasteiger partial charge in [-0.1, -0.05) is 13.8 Å². The van der Waals surface area contributed by atoms with Crippen LogP contribution in [0, 0.1) is 21.1 Å². The van der Waals surface area contributed by atoms with Gasteiger partial charge >= 0.3 is 0 Å². The zero-order valence-corrected chi connectivity index (χ0v) is 15.1. The Morgan fingerprint density at radius 2 is 1.90 bits per heavy atom. The van der Waals surface area contributed by atoms with Gasteiger partial charge in [0.2, 0.25) is 0 Å². The van der Waals surface area contributed by atoms with Crippen molar-refractivity contribution in [3.8, 4) is 0 Å². The first-order chi connectivity index (χ1) is 9.18. The number of carbonyl (C=O) groups excluding carboxylic acids is 1. The molecule has 1 amide bonds. The highest BCUT2D eigenvalue weighted by molar-refractivity contribution is 14.1. The molecule has 0 spiro atoms. The van der Waals surface area contributed by atoms with E-state index in [2.05, 4.69) is 5.32 Å². The van der Waals surface area contributed by atoms with Crippen LogP contribution in [0.1, 0.15) is 37.6 Å². The molecule has 0 fully saturated rings. The van der Waals surface area contributed by atoms with E-state index in [1.807, 2.05) is 43.4 Å². The predicted molar refractivity (Wildman–Crippen MR) is 90.7 cm³/mol. The van der Waals surface area contributed by atoms with E-state index in [0.29, 0.717) is 15.9 Å². The van der Waals surface area contributed by atoms with Crippen LogP contribution in [0.5, 0.6) is 0 Å². The molecule has 120 valence electrons. The summed E-state index contributed by atoms with van der Waals surface area (Å²) in [6.07, 6.45) is 0.704. The van der Waals surface area contributed by atoms with E-state index in [9.17, 15) is 13.6 Å². The topological polar surface area (TPSA) is 55.1 Å². The molecule has 0 saturated heterocycles. The summed E-state index contributed by atoms with van der Waals surface area (Å²) in [5.74, 6) is -2.08. The predicted octanol–water partition coefficient (Wildman–Crippen LogP) is 3.48. The van der Waals surface area contributed by atoms with Crippen molar-refractivity contribution in [1.82, 2.24) is 5.32 Å². The lowest BCUT2D eigenvalue weighted by atomic mass is 9.90. The first-order valence-electron chi connectivity index (χ1n) is 6.35. The van der Waals surface area contributed by atoms with Gasteiger partial charge in [0.1, 0.15) is 0 Å². The van der Waals surface area contributed by atoms with Crippen molar-refractivity contribution in [3.63, 3.8) is 0 Å². The average Bonchev–Trinajstić information content (AvgIpc) is 2.32. The van der Waals surface area contributed by atoms with Gasteiger partial charge in [-0.3, -0.25) is 4.79 Å². The lowest BCUT2D eigenvalue weighted by Crippen LogP contribution is -2.52. The van der Waals surface area contributed by atoms with E-state index < -0.39 is 23.1 Å². The van der Waals surface area contributed by atoms with E-state index in [0.717, 1.165) is 12.1 Å². The van der Waals surface area contributed by atoms with Crippen LogP contribution >= 0.6 is 35.0 Å². The number of benzene rings is 1. The highest BCUT2D eigenvalue weighted by Crippen LogP contribution is 2.20. The summed E-state index contributed by atoms with van der Waals surface area (Å²) in [6, 6.07) is 1.92.